The number of hydrogen-bond acceptors (Lipinski definition) is 2. The lowest BCUT2D eigenvalue weighted by atomic mass is 9.87. The summed E-state index contributed by atoms with van der Waals surface area (Å²) in [5, 5.41) is 2.51. The SMILES string of the molecule is CN(CC(=O)Nc1ccc(F)cc1F)C1CCCc2ccccc21. The molecule has 24 heavy (non-hydrogen) atoms. The van der Waals surface area contributed by atoms with Crippen molar-refractivity contribution in [3.05, 3.63) is 65.2 Å². The molecule has 1 aliphatic carbocycles. The third-order valence-corrected chi connectivity index (χ3v) is 4.47. The highest BCUT2D eigenvalue weighted by molar-refractivity contribution is 5.92. The van der Waals surface area contributed by atoms with Gasteiger partial charge in [0.05, 0.1) is 12.2 Å². The summed E-state index contributed by atoms with van der Waals surface area (Å²) in [6, 6.07) is 11.6. The normalized spacial score (nSPS) is 16.8. The third kappa shape index (κ3) is 3.62. The van der Waals surface area contributed by atoms with Gasteiger partial charge >= 0.3 is 0 Å². The van der Waals surface area contributed by atoms with E-state index in [1.54, 1.807) is 0 Å². The summed E-state index contributed by atoms with van der Waals surface area (Å²) < 4.78 is 26.5. The fourth-order valence-electron chi connectivity index (χ4n) is 3.30. The number of fused-ring (bicyclic) bond motifs is 1. The van der Waals surface area contributed by atoms with Gasteiger partial charge in [-0.05, 0) is 49.6 Å². The largest absolute Gasteiger partial charge is 0.322 e. The van der Waals surface area contributed by atoms with Gasteiger partial charge in [0.15, 0.2) is 0 Å². The molecule has 1 atom stereocenters. The van der Waals surface area contributed by atoms with Crippen LogP contribution in [0.2, 0.25) is 0 Å². The average molecular weight is 330 g/mol. The van der Waals surface area contributed by atoms with Gasteiger partial charge in [-0.3, -0.25) is 9.69 Å². The number of nitrogens with zero attached hydrogens (tertiary/aromatic N) is 1. The molecule has 3 nitrogen and oxygen atoms in total. The zero-order valence-electron chi connectivity index (χ0n) is 13.6. The Balaban J connectivity index is 1.67. The molecular formula is C19H20F2N2O. The molecular weight excluding hydrogens is 310 g/mol. The summed E-state index contributed by atoms with van der Waals surface area (Å²) in [6.45, 7) is 0.149. The van der Waals surface area contributed by atoms with E-state index < -0.39 is 11.6 Å². The van der Waals surface area contributed by atoms with Crippen molar-refractivity contribution in [1.29, 1.82) is 0 Å². The molecule has 0 spiro atoms. The van der Waals surface area contributed by atoms with E-state index in [2.05, 4.69) is 17.4 Å². The second-order valence-corrected chi connectivity index (χ2v) is 6.19. The maximum atomic E-state index is 13.6. The molecule has 0 radical (unpaired) electrons. The van der Waals surface area contributed by atoms with Crippen LogP contribution in [-0.2, 0) is 11.2 Å². The Labute approximate surface area is 140 Å². The van der Waals surface area contributed by atoms with Crippen LogP contribution in [0.1, 0.15) is 30.0 Å². The average Bonchev–Trinajstić information content (AvgIpc) is 2.57. The van der Waals surface area contributed by atoms with Gasteiger partial charge in [0.25, 0.3) is 0 Å². The van der Waals surface area contributed by atoms with Crippen molar-refractivity contribution in [3.63, 3.8) is 0 Å². The van der Waals surface area contributed by atoms with Crippen molar-refractivity contribution in [2.24, 2.45) is 0 Å². The van der Waals surface area contributed by atoms with Crippen LogP contribution in [0.25, 0.3) is 0 Å². The van der Waals surface area contributed by atoms with E-state index in [4.69, 9.17) is 0 Å². The Bertz CT molecular complexity index is 748. The summed E-state index contributed by atoms with van der Waals surface area (Å²) in [4.78, 5) is 14.2. The van der Waals surface area contributed by atoms with Crippen molar-refractivity contribution < 1.29 is 13.6 Å². The number of rotatable bonds is 4. The van der Waals surface area contributed by atoms with E-state index in [1.807, 2.05) is 24.1 Å². The summed E-state index contributed by atoms with van der Waals surface area (Å²) in [6.07, 6.45) is 3.14. The van der Waals surface area contributed by atoms with Gasteiger partial charge < -0.3 is 5.32 Å². The van der Waals surface area contributed by atoms with Crippen molar-refractivity contribution in [2.45, 2.75) is 25.3 Å². The number of hydrogen-bond donors (Lipinski definition) is 1. The minimum Gasteiger partial charge on any atom is -0.322 e. The molecule has 1 aliphatic rings. The number of carbonyl (C=O) groups is 1. The Morgan fingerprint density at radius 1 is 1.25 bits per heavy atom. The smallest absolute Gasteiger partial charge is 0.238 e. The van der Waals surface area contributed by atoms with Gasteiger partial charge in [0.1, 0.15) is 11.6 Å². The lowest BCUT2D eigenvalue weighted by molar-refractivity contribution is -0.117. The van der Waals surface area contributed by atoms with Crippen molar-refractivity contribution >= 4 is 11.6 Å². The highest BCUT2D eigenvalue weighted by Gasteiger charge is 2.24. The van der Waals surface area contributed by atoms with E-state index in [9.17, 15) is 13.6 Å². The molecule has 126 valence electrons. The van der Waals surface area contributed by atoms with Crippen molar-refractivity contribution in [1.82, 2.24) is 4.90 Å². The molecule has 0 aromatic heterocycles. The van der Waals surface area contributed by atoms with E-state index >= 15 is 0 Å². The van der Waals surface area contributed by atoms with Crippen LogP contribution < -0.4 is 5.32 Å². The van der Waals surface area contributed by atoms with E-state index in [1.165, 1.54) is 17.2 Å². The predicted octanol–water partition coefficient (Wildman–Crippen LogP) is 3.91. The Morgan fingerprint density at radius 2 is 2.04 bits per heavy atom. The number of aryl methyl sites for hydroxylation is 1. The lowest BCUT2D eigenvalue weighted by Gasteiger charge is -2.32. The first-order chi connectivity index (χ1) is 11.5. The van der Waals surface area contributed by atoms with E-state index in [0.717, 1.165) is 31.4 Å². The molecule has 0 aliphatic heterocycles. The molecule has 0 saturated carbocycles. The summed E-state index contributed by atoms with van der Waals surface area (Å²) in [5.74, 6) is -1.75. The quantitative estimate of drug-likeness (QED) is 0.922. The molecule has 0 heterocycles. The number of nitrogens with one attached hydrogen (secondary N) is 1. The van der Waals surface area contributed by atoms with Crippen LogP contribution in [0, 0.1) is 11.6 Å². The van der Waals surface area contributed by atoms with Crippen molar-refractivity contribution in [3.8, 4) is 0 Å². The van der Waals surface area contributed by atoms with Crippen LogP contribution >= 0.6 is 0 Å². The number of benzene rings is 2. The first kappa shape index (κ1) is 16.6. The van der Waals surface area contributed by atoms with Gasteiger partial charge in [-0.15, -0.1) is 0 Å². The van der Waals surface area contributed by atoms with Crippen LogP contribution in [0.15, 0.2) is 42.5 Å². The highest BCUT2D eigenvalue weighted by Crippen LogP contribution is 2.33. The molecule has 1 unspecified atom stereocenters. The third-order valence-electron chi connectivity index (χ3n) is 4.47. The number of halogens is 2. The second-order valence-electron chi connectivity index (χ2n) is 6.19. The van der Waals surface area contributed by atoms with E-state index in [-0.39, 0.29) is 24.2 Å². The monoisotopic (exact) mass is 330 g/mol. The summed E-state index contributed by atoms with van der Waals surface area (Å²) >= 11 is 0. The van der Waals surface area contributed by atoms with Gasteiger partial charge in [0.2, 0.25) is 5.91 Å². The maximum Gasteiger partial charge on any atom is 0.238 e. The fourth-order valence-corrected chi connectivity index (χ4v) is 3.30. The standard InChI is InChI=1S/C19H20F2N2O/c1-23(18-8-4-6-13-5-2-3-7-15(13)18)12-19(24)22-17-10-9-14(20)11-16(17)21/h2-3,5,7,9-11,18H,4,6,8,12H2,1H3,(H,22,24). The van der Waals surface area contributed by atoms with Crippen LogP contribution in [0.4, 0.5) is 14.5 Å². The Kier molecular flexibility index (Phi) is 4.90. The summed E-state index contributed by atoms with van der Waals surface area (Å²) in [5.41, 5.74) is 2.58. The molecule has 3 rings (SSSR count). The van der Waals surface area contributed by atoms with Gasteiger partial charge in [-0.25, -0.2) is 8.78 Å². The molecule has 1 N–H and O–H groups in total. The number of amides is 1. The maximum absolute atomic E-state index is 13.6. The highest BCUT2D eigenvalue weighted by atomic mass is 19.1. The predicted molar refractivity (Wildman–Crippen MR) is 89.7 cm³/mol. The molecule has 0 fully saturated rings. The van der Waals surface area contributed by atoms with Crippen molar-refractivity contribution in [2.75, 3.05) is 18.9 Å². The molecule has 5 heteroatoms. The lowest BCUT2D eigenvalue weighted by Crippen LogP contribution is -2.35. The number of anilines is 1. The van der Waals surface area contributed by atoms with Gasteiger partial charge in [-0.1, -0.05) is 24.3 Å². The van der Waals surface area contributed by atoms with Gasteiger partial charge in [0, 0.05) is 12.1 Å². The fraction of sp³-hybridized carbons (Fsp3) is 0.316. The van der Waals surface area contributed by atoms with Crippen LogP contribution in [0.5, 0.6) is 0 Å². The second kappa shape index (κ2) is 7.09. The van der Waals surface area contributed by atoms with Crippen LogP contribution in [-0.4, -0.2) is 24.4 Å². The van der Waals surface area contributed by atoms with E-state index in [0.29, 0.717) is 0 Å². The summed E-state index contributed by atoms with van der Waals surface area (Å²) in [7, 11) is 1.90. The first-order valence-electron chi connectivity index (χ1n) is 8.07. The molecule has 0 bridgehead atoms. The topological polar surface area (TPSA) is 32.3 Å². The zero-order valence-corrected chi connectivity index (χ0v) is 13.6. The number of likely N-dealkylation sites (N-methyl/N-ethyl adjacent to an activating group) is 1. The van der Waals surface area contributed by atoms with Crippen LogP contribution in [0.3, 0.4) is 0 Å². The Morgan fingerprint density at radius 3 is 2.83 bits per heavy atom. The Hall–Kier alpha value is -2.27. The number of carbonyl (C=O) groups excluding carboxylic acids is 1. The molecule has 1 amide bonds. The van der Waals surface area contributed by atoms with Gasteiger partial charge in [-0.2, -0.15) is 0 Å². The molecule has 2 aromatic carbocycles. The minimum absolute atomic E-state index is 0.00107. The molecule has 2 aromatic rings. The minimum atomic E-state index is -0.769. The zero-order chi connectivity index (χ0) is 17.1. The molecule has 0 saturated heterocycles. The first-order valence-corrected chi connectivity index (χ1v) is 8.07.